The van der Waals surface area contributed by atoms with E-state index in [9.17, 15) is 0 Å². The SMILES string of the molecule is CCSc1cccnc1. The van der Waals surface area contributed by atoms with Crippen molar-refractivity contribution >= 4 is 11.8 Å². The molecule has 1 heterocycles. The second-order valence-electron chi connectivity index (χ2n) is 1.62. The molecule has 0 unspecified atom stereocenters. The molecule has 0 radical (unpaired) electrons. The zero-order chi connectivity index (χ0) is 6.53. The molecule has 1 rings (SSSR count). The first kappa shape index (κ1) is 6.62. The van der Waals surface area contributed by atoms with E-state index in [1.807, 2.05) is 24.0 Å². The Morgan fingerprint density at radius 2 is 2.56 bits per heavy atom. The Labute approximate surface area is 59.5 Å². The fourth-order valence-corrected chi connectivity index (χ4v) is 1.24. The summed E-state index contributed by atoms with van der Waals surface area (Å²) in [6.45, 7) is 2.14. The topological polar surface area (TPSA) is 12.9 Å². The highest BCUT2D eigenvalue weighted by Gasteiger charge is 1.85. The first-order valence-corrected chi connectivity index (χ1v) is 3.95. The lowest BCUT2D eigenvalue weighted by molar-refractivity contribution is 1.24. The number of rotatable bonds is 2. The highest BCUT2D eigenvalue weighted by Crippen LogP contribution is 2.13. The predicted octanol–water partition coefficient (Wildman–Crippen LogP) is 2.19. The number of hydrogen-bond acceptors (Lipinski definition) is 2. The molecule has 0 saturated heterocycles. The van der Waals surface area contributed by atoms with Gasteiger partial charge in [0.1, 0.15) is 0 Å². The summed E-state index contributed by atoms with van der Waals surface area (Å²) in [5, 5.41) is 0. The van der Waals surface area contributed by atoms with Gasteiger partial charge in [-0.1, -0.05) is 6.92 Å². The molecular weight excluding hydrogens is 130 g/mol. The molecule has 0 aliphatic rings. The molecule has 1 aromatic rings. The molecule has 0 saturated carbocycles. The summed E-state index contributed by atoms with van der Waals surface area (Å²) in [4.78, 5) is 5.23. The van der Waals surface area contributed by atoms with Crippen molar-refractivity contribution in [1.29, 1.82) is 0 Å². The number of thioether (sulfide) groups is 1. The first-order valence-electron chi connectivity index (χ1n) is 2.96. The summed E-state index contributed by atoms with van der Waals surface area (Å²) in [7, 11) is 0. The highest BCUT2D eigenvalue weighted by atomic mass is 32.2. The van der Waals surface area contributed by atoms with Gasteiger partial charge < -0.3 is 0 Å². The van der Waals surface area contributed by atoms with Crippen LogP contribution < -0.4 is 0 Å². The maximum Gasteiger partial charge on any atom is 0.0403 e. The Morgan fingerprint density at radius 1 is 1.67 bits per heavy atom. The van der Waals surface area contributed by atoms with Gasteiger partial charge in [0.15, 0.2) is 0 Å². The monoisotopic (exact) mass is 139 g/mol. The molecule has 0 aromatic carbocycles. The minimum Gasteiger partial charge on any atom is -0.264 e. The fourth-order valence-electron chi connectivity index (χ4n) is 0.599. The van der Waals surface area contributed by atoms with Crippen molar-refractivity contribution in [2.75, 3.05) is 5.75 Å². The third-order valence-electron chi connectivity index (χ3n) is 0.945. The summed E-state index contributed by atoms with van der Waals surface area (Å²) in [6.07, 6.45) is 3.67. The lowest BCUT2D eigenvalue weighted by Crippen LogP contribution is -1.72. The van der Waals surface area contributed by atoms with Crippen molar-refractivity contribution in [2.45, 2.75) is 11.8 Å². The molecule has 0 atom stereocenters. The second kappa shape index (κ2) is 3.51. The second-order valence-corrected chi connectivity index (χ2v) is 2.96. The number of nitrogens with zero attached hydrogens (tertiary/aromatic N) is 1. The van der Waals surface area contributed by atoms with E-state index >= 15 is 0 Å². The van der Waals surface area contributed by atoms with Crippen LogP contribution in [0, 0.1) is 0 Å². The van der Waals surface area contributed by atoms with Gasteiger partial charge in [0.2, 0.25) is 0 Å². The van der Waals surface area contributed by atoms with Crippen LogP contribution in [-0.2, 0) is 0 Å². The van der Waals surface area contributed by atoms with Crippen LogP contribution in [0.1, 0.15) is 6.92 Å². The van der Waals surface area contributed by atoms with E-state index in [1.54, 1.807) is 6.20 Å². The summed E-state index contributed by atoms with van der Waals surface area (Å²) in [5.74, 6) is 1.12. The average molecular weight is 139 g/mol. The van der Waals surface area contributed by atoms with Crippen LogP contribution in [0.25, 0.3) is 0 Å². The van der Waals surface area contributed by atoms with Crippen LogP contribution in [0.5, 0.6) is 0 Å². The molecular formula is C7H9NS. The minimum atomic E-state index is 1.12. The van der Waals surface area contributed by atoms with Gasteiger partial charge in [-0.25, -0.2) is 0 Å². The van der Waals surface area contributed by atoms with E-state index in [-0.39, 0.29) is 0 Å². The van der Waals surface area contributed by atoms with Crippen LogP contribution in [0.3, 0.4) is 0 Å². The largest absolute Gasteiger partial charge is 0.264 e. The van der Waals surface area contributed by atoms with Gasteiger partial charge in [0.05, 0.1) is 0 Å². The van der Waals surface area contributed by atoms with Gasteiger partial charge in [0, 0.05) is 17.3 Å². The molecule has 1 nitrogen and oxygen atoms in total. The summed E-state index contributed by atoms with van der Waals surface area (Å²) in [6, 6.07) is 4.03. The minimum absolute atomic E-state index is 1.12. The highest BCUT2D eigenvalue weighted by molar-refractivity contribution is 7.99. The van der Waals surface area contributed by atoms with Gasteiger partial charge in [-0.05, 0) is 17.9 Å². The van der Waals surface area contributed by atoms with Crippen LogP contribution >= 0.6 is 11.8 Å². The Hall–Kier alpha value is -0.500. The van der Waals surface area contributed by atoms with E-state index < -0.39 is 0 Å². The average Bonchev–Trinajstić information content (AvgIpc) is 1.91. The molecule has 1 aromatic heterocycles. The third kappa shape index (κ3) is 2.06. The Kier molecular flexibility index (Phi) is 2.58. The summed E-state index contributed by atoms with van der Waals surface area (Å²) >= 11 is 1.81. The quantitative estimate of drug-likeness (QED) is 0.582. The Morgan fingerprint density at radius 3 is 3.11 bits per heavy atom. The van der Waals surface area contributed by atoms with Crippen molar-refractivity contribution in [3.05, 3.63) is 24.5 Å². The molecule has 0 aliphatic carbocycles. The number of hydrogen-bond donors (Lipinski definition) is 0. The Balaban J connectivity index is 2.61. The van der Waals surface area contributed by atoms with Crippen LogP contribution in [0.4, 0.5) is 0 Å². The molecule has 0 N–H and O–H groups in total. The molecule has 2 heteroatoms. The smallest absolute Gasteiger partial charge is 0.0403 e. The number of aromatic nitrogens is 1. The summed E-state index contributed by atoms with van der Waals surface area (Å²) in [5.41, 5.74) is 0. The number of pyridine rings is 1. The van der Waals surface area contributed by atoms with Gasteiger partial charge in [-0.2, -0.15) is 0 Å². The maximum absolute atomic E-state index is 3.98. The first-order chi connectivity index (χ1) is 4.43. The van der Waals surface area contributed by atoms with Crippen molar-refractivity contribution in [1.82, 2.24) is 4.98 Å². The van der Waals surface area contributed by atoms with Crippen LogP contribution in [0.15, 0.2) is 29.4 Å². The Bertz CT molecular complexity index is 162. The van der Waals surface area contributed by atoms with E-state index in [2.05, 4.69) is 18.0 Å². The third-order valence-corrected chi connectivity index (χ3v) is 1.81. The predicted molar refractivity (Wildman–Crippen MR) is 40.6 cm³/mol. The van der Waals surface area contributed by atoms with Crippen molar-refractivity contribution in [3.8, 4) is 0 Å². The van der Waals surface area contributed by atoms with Gasteiger partial charge in [-0.3, -0.25) is 4.98 Å². The molecule has 0 bridgehead atoms. The molecule has 0 amide bonds. The summed E-state index contributed by atoms with van der Waals surface area (Å²) < 4.78 is 0. The molecule has 0 aliphatic heterocycles. The van der Waals surface area contributed by atoms with Gasteiger partial charge in [0.25, 0.3) is 0 Å². The van der Waals surface area contributed by atoms with Crippen molar-refractivity contribution < 1.29 is 0 Å². The normalized spacial score (nSPS) is 9.44. The van der Waals surface area contributed by atoms with E-state index in [4.69, 9.17) is 0 Å². The lowest BCUT2D eigenvalue weighted by Gasteiger charge is -1.92. The van der Waals surface area contributed by atoms with Crippen LogP contribution in [-0.4, -0.2) is 10.7 Å². The van der Waals surface area contributed by atoms with Gasteiger partial charge >= 0.3 is 0 Å². The molecule has 9 heavy (non-hydrogen) atoms. The van der Waals surface area contributed by atoms with E-state index in [0.29, 0.717) is 0 Å². The molecule has 0 spiro atoms. The van der Waals surface area contributed by atoms with Crippen molar-refractivity contribution in [2.24, 2.45) is 0 Å². The van der Waals surface area contributed by atoms with Gasteiger partial charge in [-0.15, -0.1) is 11.8 Å². The standard InChI is InChI=1S/C7H9NS/c1-2-9-7-4-3-5-8-6-7/h3-6H,2H2,1H3. The van der Waals surface area contributed by atoms with Crippen LogP contribution in [0.2, 0.25) is 0 Å². The van der Waals surface area contributed by atoms with E-state index in [1.165, 1.54) is 4.90 Å². The molecule has 0 fully saturated rings. The lowest BCUT2D eigenvalue weighted by atomic mass is 10.5. The molecule has 48 valence electrons. The maximum atomic E-state index is 3.98. The van der Waals surface area contributed by atoms with Crippen molar-refractivity contribution in [3.63, 3.8) is 0 Å². The fraction of sp³-hybridized carbons (Fsp3) is 0.286. The van der Waals surface area contributed by atoms with E-state index in [0.717, 1.165) is 5.75 Å². The zero-order valence-corrected chi connectivity index (χ0v) is 6.19. The zero-order valence-electron chi connectivity index (χ0n) is 5.37.